The average Bonchev–Trinajstić information content (AvgIpc) is 2.97. The topological polar surface area (TPSA) is 74.8 Å². The average molecular weight is 356 g/mol. The van der Waals surface area contributed by atoms with Crippen molar-refractivity contribution in [2.24, 2.45) is 5.92 Å². The van der Waals surface area contributed by atoms with Gasteiger partial charge in [-0.15, -0.1) is 0 Å². The van der Waals surface area contributed by atoms with Gasteiger partial charge >= 0.3 is 0 Å². The first-order valence-electron chi connectivity index (χ1n) is 8.92. The molecular formula is C17H28N2O4S. The molecule has 2 rings (SSSR count). The second-order valence-corrected chi connectivity index (χ2v) is 8.56. The molecule has 1 aliphatic carbocycles. The maximum absolute atomic E-state index is 12.7. The van der Waals surface area contributed by atoms with Crippen molar-refractivity contribution in [3.63, 3.8) is 0 Å². The molecule has 7 heteroatoms. The van der Waals surface area contributed by atoms with Crippen LogP contribution >= 0.6 is 0 Å². The van der Waals surface area contributed by atoms with E-state index in [1.165, 1.54) is 0 Å². The van der Waals surface area contributed by atoms with E-state index in [0.29, 0.717) is 38.6 Å². The van der Waals surface area contributed by atoms with Crippen LogP contribution in [-0.4, -0.2) is 54.8 Å². The Morgan fingerprint density at radius 2 is 2.17 bits per heavy atom. The van der Waals surface area contributed by atoms with E-state index in [9.17, 15) is 18.0 Å². The van der Waals surface area contributed by atoms with Gasteiger partial charge < -0.3 is 4.90 Å². The SMILES string of the molecule is CCCS(=O)(=O)N(CCCN1CCCC1=O)C(=O)C1CC=CCC1. The van der Waals surface area contributed by atoms with Crippen LogP contribution in [0.4, 0.5) is 0 Å². The molecule has 0 spiro atoms. The van der Waals surface area contributed by atoms with Crippen LogP contribution in [0.5, 0.6) is 0 Å². The first kappa shape index (κ1) is 19.0. The molecule has 1 fully saturated rings. The Morgan fingerprint density at radius 3 is 2.75 bits per heavy atom. The maximum atomic E-state index is 12.7. The van der Waals surface area contributed by atoms with Crippen molar-refractivity contribution in [1.29, 1.82) is 0 Å². The molecule has 1 unspecified atom stereocenters. The number of sulfonamides is 1. The van der Waals surface area contributed by atoms with Crippen molar-refractivity contribution in [3.05, 3.63) is 12.2 Å². The van der Waals surface area contributed by atoms with Gasteiger partial charge in [0.25, 0.3) is 0 Å². The Hall–Kier alpha value is -1.37. The van der Waals surface area contributed by atoms with Gasteiger partial charge in [-0.1, -0.05) is 19.1 Å². The second kappa shape index (κ2) is 8.65. The molecule has 1 heterocycles. The molecule has 1 atom stereocenters. The normalized spacial score (nSPS) is 21.3. The Bertz CT molecular complexity index is 585. The molecule has 2 amide bonds. The minimum Gasteiger partial charge on any atom is -0.343 e. The van der Waals surface area contributed by atoms with E-state index < -0.39 is 10.0 Å². The third kappa shape index (κ3) is 4.82. The molecule has 136 valence electrons. The number of likely N-dealkylation sites (tertiary alicyclic amines) is 1. The summed E-state index contributed by atoms with van der Waals surface area (Å²) < 4.78 is 26.1. The molecule has 1 aliphatic heterocycles. The molecule has 24 heavy (non-hydrogen) atoms. The van der Waals surface area contributed by atoms with Gasteiger partial charge in [0.2, 0.25) is 21.8 Å². The zero-order chi connectivity index (χ0) is 17.6. The molecule has 6 nitrogen and oxygen atoms in total. The maximum Gasteiger partial charge on any atom is 0.239 e. The summed E-state index contributed by atoms with van der Waals surface area (Å²) in [6.45, 7) is 3.23. The number of hydrogen-bond acceptors (Lipinski definition) is 4. The van der Waals surface area contributed by atoms with Crippen molar-refractivity contribution < 1.29 is 18.0 Å². The molecular weight excluding hydrogens is 328 g/mol. The predicted octanol–water partition coefficient (Wildman–Crippen LogP) is 1.92. The molecule has 0 N–H and O–H groups in total. The minimum atomic E-state index is -3.57. The molecule has 0 aromatic carbocycles. The van der Waals surface area contributed by atoms with Crippen LogP contribution in [-0.2, 0) is 19.6 Å². The van der Waals surface area contributed by atoms with Crippen LogP contribution in [0.15, 0.2) is 12.2 Å². The molecule has 2 aliphatic rings. The van der Waals surface area contributed by atoms with Gasteiger partial charge in [-0.2, -0.15) is 0 Å². The van der Waals surface area contributed by atoms with E-state index in [1.807, 2.05) is 12.2 Å². The number of carbonyl (C=O) groups is 2. The Labute approximate surface area is 144 Å². The van der Waals surface area contributed by atoms with E-state index in [2.05, 4.69) is 0 Å². The zero-order valence-corrected chi connectivity index (χ0v) is 15.3. The van der Waals surface area contributed by atoms with E-state index in [1.54, 1.807) is 11.8 Å². The number of allylic oxidation sites excluding steroid dienone is 2. The smallest absolute Gasteiger partial charge is 0.239 e. The summed E-state index contributed by atoms with van der Waals surface area (Å²) in [6, 6.07) is 0. The van der Waals surface area contributed by atoms with Crippen molar-refractivity contribution >= 4 is 21.8 Å². The van der Waals surface area contributed by atoms with Crippen molar-refractivity contribution in [2.45, 2.75) is 51.9 Å². The number of rotatable bonds is 8. The summed E-state index contributed by atoms with van der Waals surface area (Å²) in [5, 5.41) is 0. The van der Waals surface area contributed by atoms with Crippen molar-refractivity contribution in [1.82, 2.24) is 9.21 Å². The lowest BCUT2D eigenvalue weighted by molar-refractivity contribution is -0.131. The Morgan fingerprint density at radius 1 is 1.38 bits per heavy atom. The monoisotopic (exact) mass is 356 g/mol. The number of amides is 2. The van der Waals surface area contributed by atoms with Crippen molar-refractivity contribution in [2.75, 3.05) is 25.4 Å². The number of hydrogen-bond donors (Lipinski definition) is 0. The fraction of sp³-hybridized carbons (Fsp3) is 0.765. The van der Waals surface area contributed by atoms with Crippen molar-refractivity contribution in [3.8, 4) is 0 Å². The second-order valence-electron chi connectivity index (χ2n) is 6.55. The highest BCUT2D eigenvalue weighted by Crippen LogP contribution is 2.23. The van der Waals surface area contributed by atoms with Crippen LogP contribution in [0.2, 0.25) is 0 Å². The third-order valence-corrected chi connectivity index (χ3v) is 6.58. The van der Waals surface area contributed by atoms with Gasteiger partial charge in [0, 0.05) is 32.0 Å². The summed E-state index contributed by atoms with van der Waals surface area (Å²) in [4.78, 5) is 26.2. The summed E-state index contributed by atoms with van der Waals surface area (Å²) >= 11 is 0. The fourth-order valence-corrected chi connectivity index (χ4v) is 4.89. The van der Waals surface area contributed by atoms with E-state index >= 15 is 0 Å². The summed E-state index contributed by atoms with van der Waals surface area (Å²) in [5.74, 6) is -0.401. The van der Waals surface area contributed by atoms with Gasteiger partial charge in [-0.05, 0) is 38.5 Å². The van der Waals surface area contributed by atoms with E-state index in [4.69, 9.17) is 0 Å². The third-order valence-electron chi connectivity index (χ3n) is 4.62. The Balaban J connectivity index is 2.00. The van der Waals surface area contributed by atoms with Gasteiger partial charge in [0.15, 0.2) is 0 Å². The molecule has 0 aromatic heterocycles. The standard InChI is InChI=1S/C17H28N2O4S/c1-2-14-24(22,23)19(17(21)15-8-4-3-5-9-15)13-7-12-18-11-6-10-16(18)20/h3-4,15H,2,5-14H2,1H3. The number of nitrogens with zero attached hydrogens (tertiary/aromatic N) is 2. The van der Waals surface area contributed by atoms with Crippen LogP contribution in [0.3, 0.4) is 0 Å². The predicted molar refractivity (Wildman–Crippen MR) is 92.7 cm³/mol. The Kier molecular flexibility index (Phi) is 6.83. The van der Waals surface area contributed by atoms with Gasteiger partial charge in [-0.3, -0.25) is 9.59 Å². The van der Waals surface area contributed by atoms with Crippen LogP contribution in [0, 0.1) is 5.92 Å². The van der Waals surface area contributed by atoms with Gasteiger partial charge in [-0.25, -0.2) is 12.7 Å². The minimum absolute atomic E-state index is 0.00998. The highest BCUT2D eigenvalue weighted by molar-refractivity contribution is 7.89. The van der Waals surface area contributed by atoms with E-state index in [0.717, 1.165) is 23.7 Å². The van der Waals surface area contributed by atoms with Crippen LogP contribution in [0.25, 0.3) is 0 Å². The molecule has 0 radical (unpaired) electrons. The molecule has 0 bridgehead atoms. The lowest BCUT2D eigenvalue weighted by Gasteiger charge is -2.28. The quantitative estimate of drug-likeness (QED) is 0.623. The molecule has 0 saturated carbocycles. The largest absolute Gasteiger partial charge is 0.343 e. The first-order chi connectivity index (χ1) is 11.5. The molecule has 1 saturated heterocycles. The summed E-state index contributed by atoms with van der Waals surface area (Å²) in [7, 11) is -3.57. The van der Waals surface area contributed by atoms with Crippen LogP contribution in [0.1, 0.15) is 51.9 Å². The fourth-order valence-electron chi connectivity index (χ4n) is 3.32. The van der Waals surface area contributed by atoms with Gasteiger partial charge in [0.05, 0.1) is 5.75 Å². The first-order valence-corrected chi connectivity index (χ1v) is 10.5. The lowest BCUT2D eigenvalue weighted by Crippen LogP contribution is -2.43. The highest BCUT2D eigenvalue weighted by atomic mass is 32.2. The summed E-state index contributed by atoms with van der Waals surface area (Å²) in [5.41, 5.74) is 0. The van der Waals surface area contributed by atoms with Crippen LogP contribution < -0.4 is 0 Å². The van der Waals surface area contributed by atoms with E-state index in [-0.39, 0.29) is 30.0 Å². The highest BCUT2D eigenvalue weighted by Gasteiger charge is 2.32. The van der Waals surface area contributed by atoms with Gasteiger partial charge in [0.1, 0.15) is 0 Å². The molecule has 0 aromatic rings. The lowest BCUT2D eigenvalue weighted by atomic mass is 9.94. The number of carbonyl (C=O) groups excluding carboxylic acids is 2. The summed E-state index contributed by atoms with van der Waals surface area (Å²) in [6.07, 6.45) is 8.56. The zero-order valence-electron chi connectivity index (χ0n) is 14.4.